The van der Waals surface area contributed by atoms with Gasteiger partial charge in [0.05, 0.1) is 27.7 Å². The molecule has 0 aromatic carbocycles. The molecule has 11 heteroatoms. The fraction of sp³-hybridized carbons (Fsp3) is 0.881. The van der Waals surface area contributed by atoms with E-state index in [1.54, 1.807) is 0 Å². The van der Waals surface area contributed by atoms with Crippen molar-refractivity contribution in [2.24, 2.45) is 0 Å². The summed E-state index contributed by atoms with van der Waals surface area (Å²) < 4.78 is 34.5. The Labute approximate surface area is 325 Å². The Kier molecular flexibility index (Phi) is 35.8. The van der Waals surface area contributed by atoms with Crippen molar-refractivity contribution >= 4 is 13.8 Å². The van der Waals surface area contributed by atoms with Crippen LogP contribution in [0.25, 0.3) is 0 Å². The molecule has 0 saturated heterocycles. The largest absolute Gasteiger partial charge is 0.756 e. The highest BCUT2D eigenvalue weighted by molar-refractivity contribution is 7.45. The van der Waals surface area contributed by atoms with Gasteiger partial charge >= 0.3 is 5.97 Å². The number of quaternary nitrogens is 1. The van der Waals surface area contributed by atoms with E-state index in [1.165, 1.54) is 64.2 Å². The van der Waals surface area contributed by atoms with E-state index in [1.807, 2.05) is 39.4 Å². The molecule has 1 N–H and O–H groups in total. The quantitative estimate of drug-likeness (QED) is 0.0123. The van der Waals surface area contributed by atoms with Gasteiger partial charge in [-0.1, -0.05) is 160 Å². The Hall–Kier alpha value is -1.10. The fourth-order valence-electron chi connectivity index (χ4n) is 5.79. The summed E-state index contributed by atoms with van der Waals surface area (Å²) in [5, 5.41) is 9.02. The van der Waals surface area contributed by atoms with Gasteiger partial charge in [-0.2, -0.15) is 0 Å². The first-order valence-electron chi connectivity index (χ1n) is 21.3. The van der Waals surface area contributed by atoms with Crippen LogP contribution in [0, 0.1) is 0 Å². The molecule has 0 aliphatic carbocycles. The predicted molar refractivity (Wildman–Crippen MR) is 216 cm³/mol. The van der Waals surface area contributed by atoms with Gasteiger partial charge in [-0.3, -0.25) is 14.6 Å². The zero-order valence-electron chi connectivity index (χ0n) is 34.8. The summed E-state index contributed by atoms with van der Waals surface area (Å²) in [6.45, 7) is 5.07. The minimum Gasteiger partial charge on any atom is -0.756 e. The van der Waals surface area contributed by atoms with E-state index in [0.717, 1.165) is 89.9 Å². The van der Waals surface area contributed by atoms with Crippen LogP contribution in [-0.2, 0) is 32.8 Å². The van der Waals surface area contributed by atoms with Gasteiger partial charge in [-0.25, -0.2) is 4.89 Å². The molecule has 314 valence electrons. The highest BCUT2D eigenvalue weighted by Gasteiger charge is 2.19. The van der Waals surface area contributed by atoms with Gasteiger partial charge in [0.2, 0.25) is 0 Å². The standard InChI is InChI=1S/C42H82NO9P/c1-6-8-10-11-12-13-14-15-16-20-23-26-30-34-42(44)49-38-41(39-51-53(46,47)50-37-35-43(3,4)5)48-36-31-27-24-21-18-17-19-22-25-29-33-40(52-45)32-28-9-7-2/h22,25,29,33,40-41H,6-21,23-24,26-28,30-32,34-39H2,1-5H3,(H-,45,46,47)/b25-22-,33-29+/t40?,41-/m1/s1. The van der Waals surface area contributed by atoms with Gasteiger partial charge in [-0.15, -0.1) is 0 Å². The average Bonchev–Trinajstić information content (AvgIpc) is 3.11. The highest BCUT2D eigenvalue weighted by atomic mass is 31.2. The Bertz CT molecular complexity index is 925. The van der Waals surface area contributed by atoms with E-state index in [0.29, 0.717) is 24.1 Å². The molecule has 0 saturated carbocycles. The maximum Gasteiger partial charge on any atom is 0.305 e. The van der Waals surface area contributed by atoms with Gasteiger partial charge in [0, 0.05) is 13.0 Å². The van der Waals surface area contributed by atoms with Crippen molar-refractivity contribution in [2.45, 2.75) is 187 Å². The molecule has 0 fully saturated rings. The second kappa shape index (κ2) is 36.5. The van der Waals surface area contributed by atoms with Crippen molar-refractivity contribution in [1.82, 2.24) is 0 Å². The molecule has 0 rings (SSSR count). The SMILES string of the molecule is CCCCCCCCCCCCCCCC(=O)OC[C@H](COP(=O)([O-])OCC[N+](C)(C)C)OCCCCCCCC/C=C\C=C\C(CCCCC)OO. The van der Waals surface area contributed by atoms with Crippen LogP contribution in [0.5, 0.6) is 0 Å². The van der Waals surface area contributed by atoms with Gasteiger partial charge in [0.1, 0.15) is 32.0 Å². The van der Waals surface area contributed by atoms with Crippen LogP contribution in [0.1, 0.15) is 174 Å². The van der Waals surface area contributed by atoms with Crippen LogP contribution >= 0.6 is 7.82 Å². The Morgan fingerprint density at radius 3 is 1.83 bits per heavy atom. The number of hydrogen-bond acceptors (Lipinski definition) is 9. The Morgan fingerprint density at radius 1 is 0.698 bits per heavy atom. The van der Waals surface area contributed by atoms with Crippen LogP contribution in [0.4, 0.5) is 0 Å². The molecular weight excluding hydrogens is 693 g/mol. The van der Waals surface area contributed by atoms with E-state index in [4.69, 9.17) is 23.8 Å². The van der Waals surface area contributed by atoms with E-state index < -0.39 is 13.9 Å². The molecule has 0 aliphatic heterocycles. The minimum absolute atomic E-state index is 0.0247. The summed E-state index contributed by atoms with van der Waals surface area (Å²) in [5.74, 6) is -0.289. The summed E-state index contributed by atoms with van der Waals surface area (Å²) >= 11 is 0. The number of ether oxygens (including phenoxy) is 2. The van der Waals surface area contributed by atoms with E-state index in [9.17, 15) is 14.3 Å². The molecule has 0 aliphatic rings. The second-order valence-corrected chi connectivity index (χ2v) is 17.0. The maximum atomic E-state index is 12.5. The third kappa shape index (κ3) is 39.0. The molecule has 0 spiro atoms. The van der Waals surface area contributed by atoms with Gasteiger partial charge in [0.15, 0.2) is 0 Å². The number of nitrogens with zero attached hydrogens (tertiary/aromatic N) is 1. The zero-order valence-corrected chi connectivity index (χ0v) is 35.7. The van der Waals surface area contributed by atoms with Crippen LogP contribution in [-0.4, -0.2) is 82.0 Å². The molecule has 10 nitrogen and oxygen atoms in total. The van der Waals surface area contributed by atoms with Gasteiger partial charge < -0.3 is 27.9 Å². The molecule has 0 radical (unpaired) electrons. The van der Waals surface area contributed by atoms with Crippen LogP contribution in [0.3, 0.4) is 0 Å². The third-order valence-electron chi connectivity index (χ3n) is 9.26. The van der Waals surface area contributed by atoms with Gasteiger partial charge in [-0.05, 0) is 32.1 Å². The number of rotatable bonds is 40. The summed E-state index contributed by atoms with van der Waals surface area (Å²) in [6.07, 6.45) is 35.1. The predicted octanol–water partition coefficient (Wildman–Crippen LogP) is 10.9. The molecule has 0 amide bonds. The number of carbonyl (C=O) groups is 1. The Balaban J connectivity index is 4.34. The first kappa shape index (κ1) is 51.9. The van der Waals surface area contributed by atoms with Crippen LogP contribution in [0.2, 0.25) is 0 Å². The van der Waals surface area contributed by atoms with E-state index in [-0.39, 0.29) is 31.9 Å². The number of phosphoric acid groups is 1. The monoisotopic (exact) mass is 776 g/mol. The zero-order chi connectivity index (χ0) is 39.3. The molecular formula is C42H82NO9P. The van der Waals surface area contributed by atoms with E-state index >= 15 is 0 Å². The highest BCUT2D eigenvalue weighted by Crippen LogP contribution is 2.38. The molecule has 2 unspecified atom stereocenters. The van der Waals surface area contributed by atoms with Crippen molar-refractivity contribution in [3.63, 3.8) is 0 Å². The van der Waals surface area contributed by atoms with Crippen molar-refractivity contribution in [1.29, 1.82) is 0 Å². The minimum atomic E-state index is -4.51. The number of carbonyl (C=O) groups excluding carboxylic acids is 1. The summed E-state index contributed by atoms with van der Waals surface area (Å²) in [5.41, 5.74) is 0. The first-order valence-corrected chi connectivity index (χ1v) is 22.8. The molecule has 0 heterocycles. The normalized spacial score (nSPS) is 14.6. The van der Waals surface area contributed by atoms with Crippen molar-refractivity contribution in [2.75, 3.05) is 54.1 Å². The molecule has 3 atom stereocenters. The fourth-order valence-corrected chi connectivity index (χ4v) is 6.52. The lowest BCUT2D eigenvalue weighted by Gasteiger charge is -2.28. The van der Waals surface area contributed by atoms with Gasteiger partial charge in [0.25, 0.3) is 7.82 Å². The lowest BCUT2D eigenvalue weighted by atomic mass is 10.0. The first-order chi connectivity index (χ1) is 25.5. The van der Waals surface area contributed by atoms with Crippen molar-refractivity contribution in [3.05, 3.63) is 24.3 Å². The van der Waals surface area contributed by atoms with Crippen molar-refractivity contribution < 1.29 is 47.4 Å². The Morgan fingerprint density at radius 2 is 1.25 bits per heavy atom. The van der Waals surface area contributed by atoms with Crippen LogP contribution in [0.15, 0.2) is 24.3 Å². The molecule has 53 heavy (non-hydrogen) atoms. The lowest BCUT2D eigenvalue weighted by molar-refractivity contribution is -0.870. The van der Waals surface area contributed by atoms with Crippen molar-refractivity contribution in [3.8, 4) is 0 Å². The number of hydrogen-bond donors (Lipinski definition) is 1. The number of unbranched alkanes of at least 4 members (excludes halogenated alkanes) is 20. The third-order valence-corrected chi connectivity index (χ3v) is 10.2. The number of esters is 1. The molecule has 0 aromatic rings. The second-order valence-electron chi connectivity index (χ2n) is 15.6. The van der Waals surface area contributed by atoms with Crippen LogP contribution < -0.4 is 4.89 Å². The topological polar surface area (TPSA) is 124 Å². The smallest absolute Gasteiger partial charge is 0.305 e. The number of allylic oxidation sites excluding steroid dienone is 3. The lowest BCUT2D eigenvalue weighted by Crippen LogP contribution is -2.37. The maximum absolute atomic E-state index is 12.5. The van der Waals surface area contributed by atoms with E-state index in [2.05, 4.69) is 24.8 Å². The number of phosphoric ester groups is 1. The molecule has 0 bridgehead atoms. The summed E-state index contributed by atoms with van der Waals surface area (Å²) in [6, 6.07) is 0. The average molecular weight is 776 g/mol. The number of likely N-dealkylation sites (N-methyl/N-ethyl adjacent to an activating group) is 1. The molecule has 0 aromatic heterocycles. The summed E-state index contributed by atoms with van der Waals surface area (Å²) in [7, 11) is 1.35. The summed E-state index contributed by atoms with van der Waals surface area (Å²) in [4.78, 5) is 29.4.